The summed E-state index contributed by atoms with van der Waals surface area (Å²) in [5, 5.41) is 0.444. The third-order valence-corrected chi connectivity index (χ3v) is 5.96. The second kappa shape index (κ2) is 8.06. The molecule has 0 saturated carbocycles. The van der Waals surface area contributed by atoms with Crippen LogP contribution >= 0.6 is 0 Å². The van der Waals surface area contributed by atoms with E-state index in [2.05, 4.69) is 0 Å². The molecule has 6 heteroatoms. The summed E-state index contributed by atoms with van der Waals surface area (Å²) in [6.07, 6.45) is 0. The summed E-state index contributed by atoms with van der Waals surface area (Å²) in [6, 6.07) is 21.1. The average Bonchev–Trinajstić information content (AvgIpc) is 3.11. The lowest BCUT2D eigenvalue weighted by Crippen LogP contribution is -2.29. The molecule has 1 amide bonds. The molecule has 0 spiro atoms. The van der Waals surface area contributed by atoms with Gasteiger partial charge in [0.25, 0.3) is 5.91 Å². The maximum Gasteiger partial charge on any atom is 0.337 e. The Balaban J connectivity index is 1.70. The summed E-state index contributed by atoms with van der Waals surface area (Å²) in [4.78, 5) is 40.6. The van der Waals surface area contributed by atoms with E-state index in [0.717, 1.165) is 11.1 Å². The Hall–Kier alpha value is -4.19. The number of carbonyl (C=O) groups excluding carboxylic acids is 2. The highest BCUT2D eigenvalue weighted by Gasteiger charge is 2.42. The molecule has 33 heavy (non-hydrogen) atoms. The van der Waals surface area contributed by atoms with Crippen LogP contribution in [-0.2, 0) is 11.3 Å². The van der Waals surface area contributed by atoms with Gasteiger partial charge >= 0.3 is 5.97 Å². The SMILES string of the molecule is COC(=O)c1ccc([C@H]2c3c(oc4ccc(C)cc4c3=O)C(=O)N2Cc2ccccc2)cc1. The van der Waals surface area contributed by atoms with Crippen molar-refractivity contribution in [3.05, 3.63) is 117 Å². The van der Waals surface area contributed by atoms with Crippen molar-refractivity contribution >= 4 is 22.8 Å². The summed E-state index contributed by atoms with van der Waals surface area (Å²) < 4.78 is 10.8. The number of hydrogen-bond acceptors (Lipinski definition) is 5. The number of ether oxygens (including phenoxy) is 1. The van der Waals surface area contributed by atoms with Gasteiger partial charge in [-0.3, -0.25) is 9.59 Å². The highest BCUT2D eigenvalue weighted by Crippen LogP contribution is 2.39. The molecule has 0 unspecified atom stereocenters. The smallest absolute Gasteiger partial charge is 0.337 e. The van der Waals surface area contributed by atoms with Crippen LogP contribution in [0.2, 0.25) is 0 Å². The van der Waals surface area contributed by atoms with Crippen molar-refractivity contribution in [1.82, 2.24) is 4.90 Å². The maximum atomic E-state index is 13.6. The molecular formula is C27H21NO5. The highest BCUT2D eigenvalue weighted by atomic mass is 16.5. The fraction of sp³-hybridized carbons (Fsp3) is 0.148. The zero-order valence-electron chi connectivity index (χ0n) is 18.2. The van der Waals surface area contributed by atoms with Gasteiger partial charge in [0, 0.05) is 6.54 Å². The Morgan fingerprint density at radius 3 is 2.42 bits per heavy atom. The van der Waals surface area contributed by atoms with Crippen LogP contribution in [0.25, 0.3) is 11.0 Å². The van der Waals surface area contributed by atoms with Crippen molar-refractivity contribution < 1.29 is 18.7 Å². The number of nitrogens with zero attached hydrogens (tertiary/aromatic N) is 1. The molecule has 1 aromatic heterocycles. The first kappa shape index (κ1) is 20.7. The van der Waals surface area contributed by atoms with Gasteiger partial charge in [-0.05, 0) is 42.3 Å². The van der Waals surface area contributed by atoms with E-state index < -0.39 is 12.0 Å². The van der Waals surface area contributed by atoms with Crippen molar-refractivity contribution in [2.45, 2.75) is 19.5 Å². The molecule has 5 rings (SSSR count). The number of esters is 1. The standard InChI is InChI=1S/C27H21NO5/c1-16-8-13-21-20(14-16)24(29)22-23(18-9-11-19(12-10-18)27(31)32-2)28(26(30)25(22)33-21)15-17-6-4-3-5-7-17/h3-14,23H,15H2,1-2H3/t23-/m0/s1. The van der Waals surface area contributed by atoms with Gasteiger partial charge < -0.3 is 14.1 Å². The Kier molecular flexibility index (Phi) is 5.05. The molecule has 0 aliphatic carbocycles. The van der Waals surface area contributed by atoms with E-state index in [1.54, 1.807) is 41.3 Å². The molecule has 0 saturated heterocycles. The fourth-order valence-electron chi connectivity index (χ4n) is 4.34. The van der Waals surface area contributed by atoms with Gasteiger partial charge in [0.05, 0.1) is 29.7 Å². The normalized spacial score (nSPS) is 15.0. The van der Waals surface area contributed by atoms with Crippen LogP contribution in [-0.4, -0.2) is 23.9 Å². The first-order chi connectivity index (χ1) is 16.0. The highest BCUT2D eigenvalue weighted by molar-refractivity contribution is 5.99. The van der Waals surface area contributed by atoms with Crippen LogP contribution in [0.1, 0.15) is 49.2 Å². The summed E-state index contributed by atoms with van der Waals surface area (Å²) in [5.74, 6) is -0.726. The fourth-order valence-corrected chi connectivity index (χ4v) is 4.34. The Bertz CT molecular complexity index is 1440. The maximum absolute atomic E-state index is 13.6. The van der Waals surface area contributed by atoms with E-state index in [1.165, 1.54) is 7.11 Å². The molecule has 2 heterocycles. The number of aryl methyl sites for hydroxylation is 1. The predicted molar refractivity (Wildman–Crippen MR) is 123 cm³/mol. The monoisotopic (exact) mass is 439 g/mol. The van der Waals surface area contributed by atoms with Gasteiger partial charge in [0.2, 0.25) is 5.76 Å². The number of benzene rings is 3. The van der Waals surface area contributed by atoms with Gasteiger partial charge in [-0.1, -0.05) is 54.1 Å². The lowest BCUT2D eigenvalue weighted by atomic mass is 9.97. The quantitative estimate of drug-likeness (QED) is 0.433. The molecule has 164 valence electrons. The van der Waals surface area contributed by atoms with E-state index in [-0.39, 0.29) is 17.1 Å². The number of hydrogen-bond donors (Lipinski definition) is 0. The van der Waals surface area contributed by atoms with Crippen molar-refractivity contribution in [2.24, 2.45) is 0 Å². The van der Waals surface area contributed by atoms with E-state index in [9.17, 15) is 14.4 Å². The van der Waals surface area contributed by atoms with Gasteiger partial charge in [-0.15, -0.1) is 0 Å². The molecule has 1 aliphatic rings. The number of rotatable bonds is 4. The minimum atomic E-state index is -0.638. The third-order valence-electron chi connectivity index (χ3n) is 5.96. The van der Waals surface area contributed by atoms with Gasteiger partial charge in [0.1, 0.15) is 5.58 Å². The summed E-state index contributed by atoms with van der Waals surface area (Å²) in [5.41, 5.74) is 3.45. The molecule has 0 N–H and O–H groups in total. The minimum absolute atomic E-state index is 0.0642. The zero-order valence-corrected chi connectivity index (χ0v) is 18.2. The minimum Gasteiger partial charge on any atom is -0.465 e. The molecule has 4 aromatic rings. The topological polar surface area (TPSA) is 76.8 Å². The second-order valence-corrected chi connectivity index (χ2v) is 8.11. The molecule has 0 bridgehead atoms. The van der Waals surface area contributed by atoms with Crippen LogP contribution in [0.15, 0.2) is 82.0 Å². The lowest BCUT2D eigenvalue weighted by molar-refractivity contribution is 0.0599. The van der Waals surface area contributed by atoms with E-state index in [1.807, 2.05) is 43.3 Å². The molecule has 3 aromatic carbocycles. The van der Waals surface area contributed by atoms with Crippen LogP contribution in [0.4, 0.5) is 0 Å². The van der Waals surface area contributed by atoms with Crippen molar-refractivity contribution in [3.8, 4) is 0 Å². The summed E-state index contributed by atoms with van der Waals surface area (Å²) >= 11 is 0. The largest absolute Gasteiger partial charge is 0.465 e. The number of methoxy groups -OCH3 is 1. The van der Waals surface area contributed by atoms with Gasteiger partial charge in [-0.2, -0.15) is 0 Å². The number of carbonyl (C=O) groups is 2. The Morgan fingerprint density at radius 2 is 1.73 bits per heavy atom. The first-order valence-electron chi connectivity index (χ1n) is 10.6. The van der Waals surface area contributed by atoms with Crippen molar-refractivity contribution in [3.63, 3.8) is 0 Å². The van der Waals surface area contributed by atoms with Gasteiger partial charge in [-0.25, -0.2) is 4.79 Å². The molecule has 0 fully saturated rings. The summed E-state index contributed by atoms with van der Waals surface area (Å²) in [7, 11) is 1.32. The molecule has 0 radical (unpaired) electrons. The number of amides is 1. The van der Waals surface area contributed by atoms with Crippen LogP contribution < -0.4 is 5.43 Å². The third kappa shape index (κ3) is 3.49. The Labute approximate surface area is 190 Å². The van der Waals surface area contributed by atoms with Crippen LogP contribution in [0.5, 0.6) is 0 Å². The number of fused-ring (bicyclic) bond motifs is 2. The second-order valence-electron chi connectivity index (χ2n) is 8.11. The summed E-state index contributed by atoms with van der Waals surface area (Å²) in [6.45, 7) is 2.21. The van der Waals surface area contributed by atoms with Crippen molar-refractivity contribution in [2.75, 3.05) is 7.11 Å². The van der Waals surface area contributed by atoms with Crippen LogP contribution in [0.3, 0.4) is 0 Å². The van der Waals surface area contributed by atoms with Crippen LogP contribution in [0, 0.1) is 6.92 Å². The molecular weight excluding hydrogens is 418 g/mol. The van der Waals surface area contributed by atoms with E-state index in [4.69, 9.17) is 9.15 Å². The molecule has 1 atom stereocenters. The average molecular weight is 439 g/mol. The lowest BCUT2D eigenvalue weighted by Gasteiger charge is -2.25. The Morgan fingerprint density at radius 1 is 1.00 bits per heavy atom. The van der Waals surface area contributed by atoms with Crippen molar-refractivity contribution in [1.29, 1.82) is 0 Å². The van der Waals surface area contributed by atoms with Gasteiger partial charge in [0.15, 0.2) is 5.43 Å². The first-order valence-corrected chi connectivity index (χ1v) is 10.6. The predicted octanol–water partition coefficient (Wildman–Crippen LogP) is 4.63. The molecule has 6 nitrogen and oxygen atoms in total. The molecule has 1 aliphatic heterocycles. The van der Waals surface area contributed by atoms with E-state index >= 15 is 0 Å². The van der Waals surface area contributed by atoms with E-state index in [0.29, 0.717) is 34.2 Å². The zero-order chi connectivity index (χ0) is 23.1.